The van der Waals surface area contributed by atoms with Crippen molar-refractivity contribution in [1.82, 2.24) is 15.1 Å². The van der Waals surface area contributed by atoms with E-state index in [1.807, 2.05) is 30.3 Å². The van der Waals surface area contributed by atoms with E-state index in [0.717, 1.165) is 5.69 Å². The van der Waals surface area contributed by atoms with Crippen molar-refractivity contribution in [1.29, 1.82) is 0 Å². The number of hydrogen-bond acceptors (Lipinski definition) is 3. The number of aromatic nitrogens is 2. The first-order chi connectivity index (χ1) is 9.22. The van der Waals surface area contributed by atoms with E-state index in [1.165, 1.54) is 6.20 Å². The quantitative estimate of drug-likeness (QED) is 0.788. The molecule has 0 amide bonds. The molecule has 96 valence electrons. The van der Waals surface area contributed by atoms with E-state index < -0.39 is 12.0 Å². The van der Waals surface area contributed by atoms with Crippen LogP contribution in [0, 0.1) is 12.3 Å². The Balaban J connectivity index is 2.24. The Hall–Kier alpha value is -2.58. The summed E-state index contributed by atoms with van der Waals surface area (Å²) >= 11 is 0. The summed E-state index contributed by atoms with van der Waals surface area (Å²) in [6.07, 6.45) is 8.33. The number of nitrogens with zero attached hydrogens (tertiary/aromatic N) is 2. The van der Waals surface area contributed by atoms with Crippen LogP contribution in [0.4, 0.5) is 0 Å². The molecule has 0 saturated carbocycles. The van der Waals surface area contributed by atoms with Crippen molar-refractivity contribution < 1.29 is 9.90 Å². The van der Waals surface area contributed by atoms with Crippen LogP contribution in [0.5, 0.6) is 0 Å². The molecule has 0 spiro atoms. The third kappa shape index (κ3) is 3.00. The van der Waals surface area contributed by atoms with Gasteiger partial charge in [0.25, 0.3) is 0 Å². The minimum absolute atomic E-state index is 0.188. The highest BCUT2D eigenvalue weighted by atomic mass is 16.4. The maximum Gasteiger partial charge on any atom is 0.325 e. The summed E-state index contributed by atoms with van der Waals surface area (Å²) in [5.41, 5.74) is 1.43. The Morgan fingerprint density at radius 1 is 1.47 bits per heavy atom. The van der Waals surface area contributed by atoms with Gasteiger partial charge in [-0.05, 0) is 12.1 Å². The zero-order chi connectivity index (χ0) is 13.7. The summed E-state index contributed by atoms with van der Waals surface area (Å²) in [5, 5.41) is 16.1. The smallest absolute Gasteiger partial charge is 0.325 e. The average Bonchev–Trinajstić information content (AvgIpc) is 2.89. The molecule has 1 unspecified atom stereocenters. The maximum atomic E-state index is 11.2. The fraction of sp³-hybridized carbons (Fsp3) is 0.143. The van der Waals surface area contributed by atoms with E-state index in [0.29, 0.717) is 5.56 Å². The molecular weight excluding hydrogens is 242 g/mol. The summed E-state index contributed by atoms with van der Waals surface area (Å²) in [6, 6.07) is 8.61. The van der Waals surface area contributed by atoms with Gasteiger partial charge >= 0.3 is 5.97 Å². The second-order valence-electron chi connectivity index (χ2n) is 3.91. The minimum atomic E-state index is -0.983. The van der Waals surface area contributed by atoms with Crippen molar-refractivity contribution in [3.05, 3.63) is 48.3 Å². The second-order valence-corrected chi connectivity index (χ2v) is 3.91. The fourth-order valence-electron chi connectivity index (χ4n) is 1.72. The van der Waals surface area contributed by atoms with Gasteiger partial charge in [-0.3, -0.25) is 10.1 Å². The minimum Gasteiger partial charge on any atom is -0.480 e. The summed E-state index contributed by atoms with van der Waals surface area (Å²) in [4.78, 5) is 11.2. The van der Waals surface area contributed by atoms with Crippen LogP contribution >= 0.6 is 0 Å². The number of nitrogens with one attached hydrogen (secondary N) is 1. The van der Waals surface area contributed by atoms with Crippen LogP contribution in [0.2, 0.25) is 0 Å². The number of hydrogen-bond donors (Lipinski definition) is 2. The van der Waals surface area contributed by atoms with Gasteiger partial charge in [0.1, 0.15) is 6.04 Å². The number of carboxylic acids is 1. The predicted octanol–water partition coefficient (Wildman–Crippen LogP) is 1.22. The normalized spacial score (nSPS) is 11.7. The van der Waals surface area contributed by atoms with E-state index in [9.17, 15) is 4.79 Å². The Labute approximate surface area is 110 Å². The van der Waals surface area contributed by atoms with Crippen molar-refractivity contribution in [2.24, 2.45) is 0 Å². The van der Waals surface area contributed by atoms with Crippen molar-refractivity contribution in [2.75, 3.05) is 6.54 Å². The van der Waals surface area contributed by atoms with Crippen LogP contribution in [-0.4, -0.2) is 27.4 Å². The molecule has 19 heavy (non-hydrogen) atoms. The molecular formula is C14H13N3O2. The monoisotopic (exact) mass is 255 g/mol. The zero-order valence-electron chi connectivity index (χ0n) is 10.2. The highest BCUT2D eigenvalue weighted by Crippen LogP contribution is 2.14. The Bertz CT molecular complexity index is 599. The molecule has 1 aromatic heterocycles. The van der Waals surface area contributed by atoms with E-state index >= 15 is 0 Å². The van der Waals surface area contributed by atoms with Crippen molar-refractivity contribution in [2.45, 2.75) is 6.04 Å². The first-order valence-corrected chi connectivity index (χ1v) is 5.72. The second kappa shape index (κ2) is 5.85. The van der Waals surface area contributed by atoms with Gasteiger partial charge in [0.15, 0.2) is 0 Å². The summed E-state index contributed by atoms with van der Waals surface area (Å²) in [5.74, 6) is 1.38. The van der Waals surface area contributed by atoms with Crippen LogP contribution in [0.3, 0.4) is 0 Å². The molecule has 0 bridgehead atoms. The zero-order valence-corrected chi connectivity index (χ0v) is 10.2. The number of aliphatic carboxylic acids is 1. The van der Waals surface area contributed by atoms with Gasteiger partial charge in [-0.1, -0.05) is 24.1 Å². The molecule has 0 aliphatic carbocycles. The molecule has 0 saturated heterocycles. The molecule has 2 aromatic rings. The van der Waals surface area contributed by atoms with Crippen LogP contribution in [0.15, 0.2) is 42.7 Å². The Kier molecular flexibility index (Phi) is 3.96. The Morgan fingerprint density at radius 3 is 2.84 bits per heavy atom. The van der Waals surface area contributed by atoms with Gasteiger partial charge < -0.3 is 5.11 Å². The van der Waals surface area contributed by atoms with Crippen LogP contribution < -0.4 is 5.32 Å². The van der Waals surface area contributed by atoms with Gasteiger partial charge in [0.05, 0.1) is 18.4 Å². The highest BCUT2D eigenvalue weighted by Gasteiger charge is 2.20. The summed E-state index contributed by atoms with van der Waals surface area (Å²) in [6.45, 7) is 0.188. The summed E-state index contributed by atoms with van der Waals surface area (Å²) in [7, 11) is 0. The van der Waals surface area contributed by atoms with E-state index in [2.05, 4.69) is 16.3 Å². The fourth-order valence-corrected chi connectivity index (χ4v) is 1.72. The highest BCUT2D eigenvalue weighted by molar-refractivity contribution is 5.75. The van der Waals surface area contributed by atoms with Crippen LogP contribution in [0.1, 0.15) is 11.6 Å². The molecule has 1 heterocycles. The SMILES string of the molecule is C#CCNC(C(=O)O)c1cnn(-c2ccccc2)c1. The lowest BCUT2D eigenvalue weighted by Gasteiger charge is -2.09. The lowest BCUT2D eigenvalue weighted by Crippen LogP contribution is -2.28. The first kappa shape index (κ1) is 12.9. The standard InChI is InChI=1S/C14H13N3O2/c1-2-8-15-13(14(18)19)11-9-16-17(10-11)12-6-4-3-5-7-12/h1,3-7,9-10,13,15H,8H2,(H,18,19). The van der Waals surface area contributed by atoms with Gasteiger partial charge in [0.2, 0.25) is 0 Å². The number of rotatable bonds is 5. The first-order valence-electron chi connectivity index (χ1n) is 5.72. The van der Waals surface area contributed by atoms with E-state index in [1.54, 1.807) is 10.9 Å². The van der Waals surface area contributed by atoms with E-state index in [-0.39, 0.29) is 6.54 Å². The number of para-hydroxylation sites is 1. The maximum absolute atomic E-state index is 11.2. The number of carboxylic acid groups (broad SMARTS) is 1. The van der Waals surface area contributed by atoms with Crippen molar-refractivity contribution in [3.63, 3.8) is 0 Å². The van der Waals surface area contributed by atoms with Gasteiger partial charge in [-0.2, -0.15) is 5.10 Å². The van der Waals surface area contributed by atoms with Crippen molar-refractivity contribution in [3.8, 4) is 18.0 Å². The molecule has 0 radical (unpaired) electrons. The molecule has 0 aliphatic heterocycles. The lowest BCUT2D eigenvalue weighted by atomic mass is 10.1. The number of benzene rings is 1. The average molecular weight is 255 g/mol. The third-order valence-corrected chi connectivity index (χ3v) is 2.61. The molecule has 1 aromatic carbocycles. The predicted molar refractivity (Wildman–Crippen MR) is 70.8 cm³/mol. The molecule has 0 fully saturated rings. The van der Waals surface area contributed by atoms with Gasteiger partial charge in [-0.15, -0.1) is 6.42 Å². The topological polar surface area (TPSA) is 67.2 Å². The molecule has 2 N–H and O–H groups in total. The van der Waals surface area contributed by atoms with Crippen LogP contribution in [-0.2, 0) is 4.79 Å². The largest absolute Gasteiger partial charge is 0.480 e. The molecule has 5 nitrogen and oxygen atoms in total. The summed E-state index contributed by atoms with van der Waals surface area (Å²) < 4.78 is 1.63. The molecule has 2 rings (SSSR count). The van der Waals surface area contributed by atoms with Crippen LogP contribution in [0.25, 0.3) is 5.69 Å². The van der Waals surface area contributed by atoms with Gasteiger partial charge in [0, 0.05) is 11.8 Å². The number of carbonyl (C=O) groups is 1. The molecule has 5 heteroatoms. The van der Waals surface area contributed by atoms with E-state index in [4.69, 9.17) is 11.5 Å². The number of terminal acetylenes is 1. The Morgan fingerprint density at radius 2 is 2.21 bits per heavy atom. The lowest BCUT2D eigenvalue weighted by molar-refractivity contribution is -0.139. The molecule has 0 aliphatic rings. The van der Waals surface area contributed by atoms with Gasteiger partial charge in [-0.25, -0.2) is 4.68 Å². The molecule has 1 atom stereocenters. The van der Waals surface area contributed by atoms with Crippen molar-refractivity contribution >= 4 is 5.97 Å². The third-order valence-electron chi connectivity index (χ3n) is 2.61.